The SMILES string of the molecule is COC(=O)C(C)n1c(C(C)Cl)nc2cc(Cl)c(F)cc21. The Kier molecular flexibility index (Phi) is 4.20. The summed E-state index contributed by atoms with van der Waals surface area (Å²) in [5.41, 5.74) is 0.932. The molecule has 0 spiro atoms. The van der Waals surface area contributed by atoms with Crippen molar-refractivity contribution in [2.24, 2.45) is 0 Å². The highest BCUT2D eigenvalue weighted by Crippen LogP contribution is 2.31. The molecule has 2 rings (SSSR count). The van der Waals surface area contributed by atoms with Crippen molar-refractivity contribution in [3.63, 3.8) is 0 Å². The zero-order chi connectivity index (χ0) is 15.0. The molecule has 0 radical (unpaired) electrons. The summed E-state index contributed by atoms with van der Waals surface area (Å²) in [6.45, 7) is 3.36. The molecule has 0 aliphatic heterocycles. The van der Waals surface area contributed by atoms with Crippen molar-refractivity contribution in [3.05, 3.63) is 28.8 Å². The molecule has 0 aliphatic rings. The molecule has 0 amide bonds. The fourth-order valence-electron chi connectivity index (χ4n) is 2.07. The number of halogens is 3. The molecule has 2 unspecified atom stereocenters. The molecule has 0 fully saturated rings. The summed E-state index contributed by atoms with van der Waals surface area (Å²) in [4.78, 5) is 16.1. The van der Waals surface area contributed by atoms with Crippen LogP contribution in [0.1, 0.15) is 31.1 Å². The van der Waals surface area contributed by atoms with Gasteiger partial charge in [-0.1, -0.05) is 11.6 Å². The molecule has 20 heavy (non-hydrogen) atoms. The minimum atomic E-state index is -0.665. The highest BCUT2D eigenvalue weighted by Gasteiger charge is 2.25. The molecule has 108 valence electrons. The standard InChI is InChI=1S/C13H13Cl2FN2O2/c1-6(14)12-17-10-4-8(15)9(16)5-11(10)18(12)7(2)13(19)20-3/h4-7H,1-3H3. The molecule has 1 heterocycles. The molecule has 2 atom stereocenters. The maximum Gasteiger partial charge on any atom is 0.328 e. The van der Waals surface area contributed by atoms with Crippen LogP contribution in [0.2, 0.25) is 5.02 Å². The predicted molar refractivity (Wildman–Crippen MR) is 75.7 cm³/mol. The summed E-state index contributed by atoms with van der Waals surface area (Å²) >= 11 is 11.8. The summed E-state index contributed by atoms with van der Waals surface area (Å²) in [7, 11) is 1.29. The van der Waals surface area contributed by atoms with Crippen molar-refractivity contribution in [2.45, 2.75) is 25.3 Å². The summed E-state index contributed by atoms with van der Waals surface area (Å²) < 4.78 is 20.0. The van der Waals surface area contributed by atoms with Crippen molar-refractivity contribution >= 4 is 40.2 Å². The number of hydrogen-bond acceptors (Lipinski definition) is 3. The van der Waals surface area contributed by atoms with Gasteiger partial charge in [-0.2, -0.15) is 0 Å². The van der Waals surface area contributed by atoms with E-state index in [4.69, 9.17) is 27.9 Å². The second-order valence-corrected chi connectivity index (χ2v) is 5.47. The van der Waals surface area contributed by atoms with Crippen LogP contribution >= 0.6 is 23.2 Å². The third kappa shape index (κ3) is 2.47. The zero-order valence-corrected chi connectivity index (χ0v) is 12.7. The van der Waals surface area contributed by atoms with E-state index in [-0.39, 0.29) is 5.02 Å². The van der Waals surface area contributed by atoms with E-state index in [0.717, 1.165) is 0 Å². The van der Waals surface area contributed by atoms with Gasteiger partial charge in [0.05, 0.1) is 28.5 Å². The number of carbonyl (C=O) groups is 1. The van der Waals surface area contributed by atoms with E-state index in [0.29, 0.717) is 16.9 Å². The molecule has 1 aromatic heterocycles. The highest BCUT2D eigenvalue weighted by atomic mass is 35.5. The first kappa shape index (κ1) is 15.1. The van der Waals surface area contributed by atoms with Crippen LogP contribution in [0.5, 0.6) is 0 Å². The van der Waals surface area contributed by atoms with E-state index in [1.807, 2.05) is 0 Å². The van der Waals surface area contributed by atoms with E-state index < -0.39 is 23.2 Å². The topological polar surface area (TPSA) is 44.1 Å². The molecule has 7 heteroatoms. The van der Waals surface area contributed by atoms with Gasteiger partial charge >= 0.3 is 5.97 Å². The number of fused-ring (bicyclic) bond motifs is 1. The molecular weight excluding hydrogens is 306 g/mol. The van der Waals surface area contributed by atoms with E-state index in [9.17, 15) is 9.18 Å². The Morgan fingerprint density at radius 3 is 2.65 bits per heavy atom. The first-order valence-corrected chi connectivity index (χ1v) is 6.77. The Morgan fingerprint density at radius 2 is 2.10 bits per heavy atom. The number of methoxy groups -OCH3 is 1. The predicted octanol–water partition coefficient (Wildman–Crippen LogP) is 3.86. The van der Waals surface area contributed by atoms with Crippen LogP contribution < -0.4 is 0 Å². The maximum atomic E-state index is 13.7. The molecule has 4 nitrogen and oxygen atoms in total. The molecule has 1 aromatic carbocycles. The lowest BCUT2D eigenvalue weighted by atomic mass is 10.2. The molecule has 0 N–H and O–H groups in total. The molecular formula is C13H13Cl2FN2O2. The minimum absolute atomic E-state index is 0.0263. The van der Waals surface area contributed by atoms with E-state index in [1.165, 1.54) is 19.2 Å². The highest BCUT2D eigenvalue weighted by molar-refractivity contribution is 6.31. The van der Waals surface area contributed by atoms with Gasteiger partial charge in [0.1, 0.15) is 17.7 Å². The average Bonchev–Trinajstić information content (AvgIpc) is 2.76. The van der Waals surface area contributed by atoms with Crippen molar-refractivity contribution in [1.29, 1.82) is 0 Å². The maximum absolute atomic E-state index is 13.7. The Labute approximate surface area is 125 Å². The van der Waals surface area contributed by atoms with Gasteiger partial charge in [0.25, 0.3) is 0 Å². The third-order valence-corrected chi connectivity index (χ3v) is 3.53. The fourth-order valence-corrected chi connectivity index (χ4v) is 2.38. The summed E-state index contributed by atoms with van der Waals surface area (Å²) in [6, 6.07) is 1.99. The van der Waals surface area contributed by atoms with Gasteiger partial charge in [-0.25, -0.2) is 14.2 Å². The van der Waals surface area contributed by atoms with E-state index >= 15 is 0 Å². The smallest absolute Gasteiger partial charge is 0.328 e. The van der Waals surface area contributed by atoms with Crippen LogP contribution in [-0.4, -0.2) is 22.6 Å². The largest absolute Gasteiger partial charge is 0.467 e. The first-order chi connectivity index (χ1) is 9.36. The Balaban J connectivity index is 2.74. The van der Waals surface area contributed by atoms with Crippen molar-refractivity contribution in [1.82, 2.24) is 9.55 Å². The average molecular weight is 319 g/mol. The van der Waals surface area contributed by atoms with Crippen LogP contribution in [0.25, 0.3) is 11.0 Å². The lowest BCUT2D eigenvalue weighted by Gasteiger charge is -2.16. The Hall–Kier alpha value is -1.33. The van der Waals surface area contributed by atoms with Crippen molar-refractivity contribution < 1.29 is 13.9 Å². The summed E-state index contributed by atoms with van der Waals surface area (Å²) in [6.07, 6.45) is 0. The first-order valence-electron chi connectivity index (χ1n) is 5.95. The van der Waals surface area contributed by atoms with Crippen LogP contribution in [0.3, 0.4) is 0 Å². The van der Waals surface area contributed by atoms with Gasteiger partial charge in [0.2, 0.25) is 0 Å². The van der Waals surface area contributed by atoms with Crippen LogP contribution in [-0.2, 0) is 9.53 Å². The number of aromatic nitrogens is 2. The lowest BCUT2D eigenvalue weighted by Crippen LogP contribution is -2.20. The van der Waals surface area contributed by atoms with Crippen LogP contribution in [0.15, 0.2) is 12.1 Å². The Morgan fingerprint density at radius 1 is 1.45 bits per heavy atom. The van der Waals surface area contributed by atoms with Crippen molar-refractivity contribution in [3.8, 4) is 0 Å². The molecule has 0 saturated heterocycles. The number of benzene rings is 1. The monoisotopic (exact) mass is 318 g/mol. The second kappa shape index (κ2) is 5.58. The normalized spacial score (nSPS) is 14.3. The van der Waals surface area contributed by atoms with Gasteiger partial charge in [0.15, 0.2) is 0 Å². The number of ether oxygens (including phenoxy) is 1. The van der Waals surface area contributed by atoms with E-state index in [1.54, 1.807) is 18.4 Å². The number of esters is 1. The van der Waals surface area contributed by atoms with E-state index in [2.05, 4.69) is 4.98 Å². The lowest BCUT2D eigenvalue weighted by molar-refractivity contribution is -0.143. The number of imidazole rings is 1. The third-order valence-electron chi connectivity index (χ3n) is 3.04. The number of hydrogen-bond donors (Lipinski definition) is 0. The quantitative estimate of drug-likeness (QED) is 0.637. The molecule has 0 aliphatic carbocycles. The second-order valence-electron chi connectivity index (χ2n) is 4.41. The minimum Gasteiger partial charge on any atom is -0.467 e. The van der Waals surface area contributed by atoms with Crippen LogP contribution in [0.4, 0.5) is 4.39 Å². The molecule has 0 bridgehead atoms. The van der Waals surface area contributed by atoms with Crippen LogP contribution in [0, 0.1) is 5.82 Å². The van der Waals surface area contributed by atoms with Gasteiger partial charge in [-0.15, -0.1) is 11.6 Å². The number of nitrogens with zero attached hydrogens (tertiary/aromatic N) is 2. The number of rotatable bonds is 3. The van der Waals surface area contributed by atoms with Gasteiger partial charge in [-0.3, -0.25) is 0 Å². The van der Waals surface area contributed by atoms with Gasteiger partial charge in [-0.05, 0) is 19.9 Å². The number of alkyl halides is 1. The van der Waals surface area contributed by atoms with Gasteiger partial charge in [0, 0.05) is 6.07 Å². The molecule has 0 saturated carbocycles. The summed E-state index contributed by atoms with van der Waals surface area (Å²) in [5, 5.41) is -0.474. The Bertz CT molecular complexity index is 670. The summed E-state index contributed by atoms with van der Waals surface area (Å²) in [5.74, 6) is -0.578. The van der Waals surface area contributed by atoms with Gasteiger partial charge < -0.3 is 9.30 Å². The fraction of sp³-hybridized carbons (Fsp3) is 0.385. The van der Waals surface area contributed by atoms with Crippen molar-refractivity contribution in [2.75, 3.05) is 7.11 Å². The number of carbonyl (C=O) groups excluding carboxylic acids is 1. The zero-order valence-electron chi connectivity index (χ0n) is 11.2. The molecule has 2 aromatic rings.